The zero-order chi connectivity index (χ0) is 17.4. The van der Waals surface area contributed by atoms with Gasteiger partial charge in [0.05, 0.1) is 11.7 Å². The monoisotopic (exact) mass is 337 g/mol. The first-order chi connectivity index (χ1) is 12.1. The third kappa shape index (κ3) is 2.98. The molecule has 3 heterocycles. The van der Waals surface area contributed by atoms with E-state index < -0.39 is 0 Å². The van der Waals surface area contributed by atoms with Crippen LogP contribution in [0.5, 0.6) is 0 Å². The van der Waals surface area contributed by atoms with Crippen molar-refractivity contribution in [3.8, 4) is 11.4 Å². The van der Waals surface area contributed by atoms with Crippen LogP contribution in [0.3, 0.4) is 0 Å². The number of rotatable bonds is 3. The largest absolute Gasteiger partial charge is 0.337 e. The fourth-order valence-electron chi connectivity index (χ4n) is 3.11. The van der Waals surface area contributed by atoms with E-state index in [0.717, 1.165) is 29.8 Å². The molecule has 2 aromatic heterocycles. The second-order valence-corrected chi connectivity index (χ2v) is 6.30. The molecule has 1 aliphatic heterocycles. The maximum Gasteiger partial charge on any atom is 0.266 e. The number of hydrogen-bond acceptors (Lipinski definition) is 6. The third-order valence-electron chi connectivity index (χ3n) is 4.65. The van der Waals surface area contributed by atoms with E-state index in [9.17, 15) is 4.79 Å². The van der Waals surface area contributed by atoms with Crippen molar-refractivity contribution < 1.29 is 4.52 Å². The van der Waals surface area contributed by atoms with Crippen molar-refractivity contribution in [1.29, 1.82) is 0 Å². The first kappa shape index (κ1) is 15.7. The molecule has 1 atom stereocenters. The Labute approximate surface area is 144 Å². The Morgan fingerprint density at radius 3 is 2.84 bits per heavy atom. The van der Waals surface area contributed by atoms with Gasteiger partial charge < -0.3 is 4.52 Å². The van der Waals surface area contributed by atoms with Crippen LogP contribution >= 0.6 is 0 Å². The molecular formula is C18H19N5O2. The van der Waals surface area contributed by atoms with Gasteiger partial charge >= 0.3 is 0 Å². The zero-order valence-corrected chi connectivity index (χ0v) is 14.2. The molecule has 0 saturated heterocycles. The molecule has 128 valence electrons. The summed E-state index contributed by atoms with van der Waals surface area (Å²) in [6.45, 7) is 3.53. The molecule has 0 spiro atoms. The summed E-state index contributed by atoms with van der Waals surface area (Å²) < 4.78 is 6.87. The summed E-state index contributed by atoms with van der Waals surface area (Å²) in [4.78, 5) is 18.6. The van der Waals surface area contributed by atoms with Crippen LogP contribution in [-0.4, -0.2) is 31.4 Å². The molecule has 0 fully saturated rings. The van der Waals surface area contributed by atoms with Crippen molar-refractivity contribution in [1.82, 2.24) is 24.8 Å². The minimum atomic E-state index is -0.0857. The van der Waals surface area contributed by atoms with Crippen molar-refractivity contribution >= 4 is 0 Å². The Kier molecular flexibility index (Phi) is 3.93. The molecule has 7 heteroatoms. The normalized spacial score (nSPS) is 15.8. The topological polar surface area (TPSA) is 77.1 Å². The van der Waals surface area contributed by atoms with Gasteiger partial charge in [0, 0.05) is 38.2 Å². The van der Waals surface area contributed by atoms with Crippen LogP contribution in [0.1, 0.15) is 30.1 Å². The van der Waals surface area contributed by atoms with Crippen molar-refractivity contribution in [2.24, 2.45) is 7.05 Å². The fraction of sp³-hybridized carbons (Fsp3) is 0.333. The first-order valence-electron chi connectivity index (χ1n) is 8.31. The Morgan fingerprint density at radius 1 is 1.24 bits per heavy atom. The second kappa shape index (κ2) is 6.25. The molecule has 0 bridgehead atoms. The third-order valence-corrected chi connectivity index (χ3v) is 4.65. The quantitative estimate of drug-likeness (QED) is 0.727. The van der Waals surface area contributed by atoms with Gasteiger partial charge in [-0.3, -0.25) is 9.69 Å². The SMILES string of the molecule is C[C@@H](c1nc(-c2ccccc2)no1)N1CCc2nn(C)c(=O)cc2C1. The lowest BCUT2D eigenvalue weighted by molar-refractivity contribution is 0.156. The summed E-state index contributed by atoms with van der Waals surface area (Å²) in [5, 5.41) is 8.44. The maximum absolute atomic E-state index is 11.8. The van der Waals surface area contributed by atoms with Gasteiger partial charge in [-0.15, -0.1) is 0 Å². The summed E-state index contributed by atoms with van der Waals surface area (Å²) in [5.41, 5.74) is 2.81. The summed E-state index contributed by atoms with van der Waals surface area (Å²) in [7, 11) is 1.68. The Morgan fingerprint density at radius 2 is 2.04 bits per heavy atom. The highest BCUT2D eigenvalue weighted by Crippen LogP contribution is 2.26. The van der Waals surface area contributed by atoms with E-state index in [-0.39, 0.29) is 11.6 Å². The molecule has 1 aromatic carbocycles. The molecule has 0 N–H and O–H groups in total. The van der Waals surface area contributed by atoms with E-state index in [1.54, 1.807) is 13.1 Å². The molecule has 7 nitrogen and oxygen atoms in total. The average Bonchev–Trinajstić information content (AvgIpc) is 3.12. The minimum Gasteiger partial charge on any atom is -0.337 e. The van der Waals surface area contributed by atoms with Gasteiger partial charge in [-0.25, -0.2) is 4.68 Å². The van der Waals surface area contributed by atoms with Crippen molar-refractivity contribution in [2.45, 2.75) is 25.9 Å². The van der Waals surface area contributed by atoms with Crippen LogP contribution < -0.4 is 5.56 Å². The van der Waals surface area contributed by atoms with Crippen LogP contribution in [0.2, 0.25) is 0 Å². The van der Waals surface area contributed by atoms with Crippen molar-refractivity contribution in [3.05, 3.63) is 63.9 Å². The highest BCUT2D eigenvalue weighted by atomic mass is 16.5. The lowest BCUT2D eigenvalue weighted by Crippen LogP contribution is -2.36. The summed E-state index contributed by atoms with van der Waals surface area (Å²) >= 11 is 0. The molecule has 0 unspecified atom stereocenters. The van der Waals surface area contributed by atoms with Gasteiger partial charge in [-0.05, 0) is 12.5 Å². The number of fused-ring (bicyclic) bond motifs is 1. The van der Waals surface area contributed by atoms with Crippen LogP contribution in [-0.2, 0) is 20.0 Å². The van der Waals surface area contributed by atoms with E-state index in [2.05, 4.69) is 20.1 Å². The van der Waals surface area contributed by atoms with E-state index in [0.29, 0.717) is 18.3 Å². The number of nitrogens with zero attached hydrogens (tertiary/aromatic N) is 5. The van der Waals surface area contributed by atoms with Gasteiger partial charge in [0.15, 0.2) is 0 Å². The summed E-state index contributed by atoms with van der Waals surface area (Å²) in [6.07, 6.45) is 0.799. The number of aromatic nitrogens is 4. The number of hydrogen-bond donors (Lipinski definition) is 0. The molecule has 1 aliphatic rings. The lowest BCUT2D eigenvalue weighted by atomic mass is 10.0. The van der Waals surface area contributed by atoms with Crippen LogP contribution in [0, 0.1) is 0 Å². The molecule has 25 heavy (non-hydrogen) atoms. The molecule has 0 radical (unpaired) electrons. The van der Waals surface area contributed by atoms with Gasteiger partial charge in [0.2, 0.25) is 11.7 Å². The van der Waals surface area contributed by atoms with E-state index in [1.807, 2.05) is 37.3 Å². The molecule has 0 aliphatic carbocycles. The number of benzene rings is 1. The highest BCUT2D eigenvalue weighted by Gasteiger charge is 2.27. The van der Waals surface area contributed by atoms with Gasteiger partial charge in [0.25, 0.3) is 5.56 Å². The van der Waals surface area contributed by atoms with Crippen LogP contribution in [0.25, 0.3) is 11.4 Å². The zero-order valence-electron chi connectivity index (χ0n) is 14.2. The lowest BCUT2D eigenvalue weighted by Gasteiger charge is -2.31. The molecule has 0 amide bonds. The van der Waals surface area contributed by atoms with E-state index in [4.69, 9.17) is 4.52 Å². The molecule has 0 saturated carbocycles. The predicted molar refractivity (Wildman–Crippen MR) is 91.7 cm³/mol. The minimum absolute atomic E-state index is 0.0258. The van der Waals surface area contributed by atoms with Crippen molar-refractivity contribution in [3.63, 3.8) is 0 Å². The smallest absolute Gasteiger partial charge is 0.266 e. The Hall–Kier alpha value is -2.80. The fourth-order valence-corrected chi connectivity index (χ4v) is 3.11. The molecule has 3 aromatic rings. The highest BCUT2D eigenvalue weighted by molar-refractivity contribution is 5.53. The maximum atomic E-state index is 11.8. The van der Waals surface area contributed by atoms with Gasteiger partial charge in [0.1, 0.15) is 0 Å². The summed E-state index contributed by atoms with van der Waals surface area (Å²) in [6, 6.07) is 11.4. The van der Waals surface area contributed by atoms with E-state index >= 15 is 0 Å². The van der Waals surface area contributed by atoms with Crippen molar-refractivity contribution in [2.75, 3.05) is 6.54 Å². The number of aryl methyl sites for hydroxylation is 1. The molecular weight excluding hydrogens is 318 g/mol. The van der Waals surface area contributed by atoms with Crippen LogP contribution in [0.4, 0.5) is 0 Å². The van der Waals surface area contributed by atoms with Gasteiger partial charge in [-0.2, -0.15) is 10.1 Å². The molecule has 4 rings (SSSR count). The predicted octanol–water partition coefficient (Wildman–Crippen LogP) is 1.95. The van der Waals surface area contributed by atoms with E-state index in [1.165, 1.54) is 4.68 Å². The Balaban J connectivity index is 1.56. The second-order valence-electron chi connectivity index (χ2n) is 6.30. The van der Waals surface area contributed by atoms with Gasteiger partial charge in [-0.1, -0.05) is 35.5 Å². The van der Waals surface area contributed by atoms with Crippen LogP contribution in [0.15, 0.2) is 45.7 Å². The first-order valence-corrected chi connectivity index (χ1v) is 8.31. The Bertz CT molecular complexity index is 948. The summed E-state index contributed by atoms with van der Waals surface area (Å²) in [5.74, 6) is 1.18. The standard InChI is InChI=1S/C18H19N5O2/c1-12(18-19-17(21-25-18)13-6-4-3-5-7-13)23-9-8-15-14(11-23)10-16(24)22(2)20-15/h3-7,10,12H,8-9,11H2,1-2H3/t12-/m0/s1. The average molecular weight is 337 g/mol.